The summed E-state index contributed by atoms with van der Waals surface area (Å²) in [5.74, 6) is 0.417. The molecule has 0 radical (unpaired) electrons. The molecule has 94 valence electrons. The van der Waals surface area contributed by atoms with Crippen LogP contribution in [-0.2, 0) is 11.3 Å². The normalized spacial score (nSPS) is 24.8. The molecule has 1 aromatic rings. The Morgan fingerprint density at radius 1 is 1.47 bits per heavy atom. The summed E-state index contributed by atoms with van der Waals surface area (Å²) in [6.07, 6.45) is 2.44. The molecule has 3 nitrogen and oxygen atoms in total. The Labute approximate surface area is 103 Å². The van der Waals surface area contributed by atoms with E-state index in [0.717, 1.165) is 37.1 Å². The second-order valence-electron chi connectivity index (χ2n) is 4.87. The summed E-state index contributed by atoms with van der Waals surface area (Å²) in [5.41, 5.74) is 1.91. The molecule has 0 aromatic heterocycles. The first kappa shape index (κ1) is 12.4. The minimum absolute atomic E-state index is 0.340. The van der Waals surface area contributed by atoms with Gasteiger partial charge in [-0.25, -0.2) is 0 Å². The van der Waals surface area contributed by atoms with Crippen LogP contribution in [0.2, 0.25) is 0 Å². The molecule has 3 heteroatoms. The van der Waals surface area contributed by atoms with E-state index in [-0.39, 0.29) is 0 Å². The molecule has 1 fully saturated rings. The van der Waals surface area contributed by atoms with Crippen LogP contribution < -0.4 is 5.32 Å². The van der Waals surface area contributed by atoms with Gasteiger partial charge in [-0.05, 0) is 32.3 Å². The topological polar surface area (TPSA) is 41.5 Å². The first-order chi connectivity index (χ1) is 8.16. The van der Waals surface area contributed by atoms with E-state index in [2.05, 4.69) is 12.2 Å². The number of hydrogen-bond donors (Lipinski definition) is 2. The van der Waals surface area contributed by atoms with Crippen LogP contribution in [0.5, 0.6) is 5.75 Å². The second kappa shape index (κ2) is 5.52. The monoisotopic (exact) mass is 235 g/mol. The van der Waals surface area contributed by atoms with Crippen LogP contribution in [0.15, 0.2) is 18.2 Å². The average Bonchev–Trinajstić information content (AvgIpc) is 2.31. The molecule has 0 aliphatic carbocycles. The average molecular weight is 235 g/mol. The smallest absolute Gasteiger partial charge is 0.122 e. The molecule has 2 rings (SSSR count). The molecular formula is C14H21NO2. The van der Waals surface area contributed by atoms with Gasteiger partial charge in [-0.2, -0.15) is 0 Å². The van der Waals surface area contributed by atoms with E-state index in [1.165, 1.54) is 0 Å². The third-order valence-corrected chi connectivity index (χ3v) is 3.39. The largest absolute Gasteiger partial charge is 0.507 e. The van der Waals surface area contributed by atoms with E-state index in [0.29, 0.717) is 17.9 Å². The van der Waals surface area contributed by atoms with E-state index in [9.17, 15) is 5.11 Å². The van der Waals surface area contributed by atoms with Crippen LogP contribution in [-0.4, -0.2) is 23.9 Å². The first-order valence-electron chi connectivity index (χ1n) is 6.29. The highest BCUT2D eigenvalue weighted by atomic mass is 16.5. The molecule has 1 aromatic carbocycles. The van der Waals surface area contributed by atoms with Gasteiger partial charge < -0.3 is 15.2 Å². The molecule has 0 bridgehead atoms. The highest BCUT2D eigenvalue weighted by molar-refractivity contribution is 5.39. The van der Waals surface area contributed by atoms with Crippen molar-refractivity contribution in [1.29, 1.82) is 0 Å². The van der Waals surface area contributed by atoms with Crippen molar-refractivity contribution in [3.8, 4) is 5.75 Å². The van der Waals surface area contributed by atoms with Crippen molar-refractivity contribution in [1.82, 2.24) is 5.32 Å². The number of para-hydroxylation sites is 1. The highest BCUT2D eigenvalue weighted by Crippen LogP contribution is 2.22. The lowest BCUT2D eigenvalue weighted by Gasteiger charge is -2.28. The minimum Gasteiger partial charge on any atom is -0.507 e. The first-order valence-corrected chi connectivity index (χ1v) is 6.29. The molecule has 0 spiro atoms. The lowest BCUT2D eigenvalue weighted by Crippen LogP contribution is -2.37. The van der Waals surface area contributed by atoms with E-state index >= 15 is 0 Å². The van der Waals surface area contributed by atoms with E-state index in [1.807, 2.05) is 25.1 Å². The molecule has 17 heavy (non-hydrogen) atoms. The number of ether oxygens (including phenoxy) is 1. The van der Waals surface area contributed by atoms with E-state index in [4.69, 9.17) is 4.74 Å². The summed E-state index contributed by atoms with van der Waals surface area (Å²) in [6, 6.07) is 6.38. The zero-order valence-corrected chi connectivity index (χ0v) is 10.6. The van der Waals surface area contributed by atoms with Crippen molar-refractivity contribution < 1.29 is 9.84 Å². The lowest BCUT2D eigenvalue weighted by molar-refractivity contribution is 0.0130. The van der Waals surface area contributed by atoms with Gasteiger partial charge >= 0.3 is 0 Å². The number of phenolic OH excluding ortho intramolecular Hbond substituents is 1. The van der Waals surface area contributed by atoms with E-state index in [1.54, 1.807) is 0 Å². The van der Waals surface area contributed by atoms with Crippen LogP contribution in [0, 0.1) is 6.92 Å². The van der Waals surface area contributed by atoms with Crippen molar-refractivity contribution >= 4 is 0 Å². The number of phenols is 1. The summed E-state index contributed by atoms with van der Waals surface area (Å²) >= 11 is 0. The molecule has 1 aliphatic heterocycles. The number of rotatable bonds is 3. The minimum atomic E-state index is 0.340. The Bertz CT molecular complexity index is 378. The Morgan fingerprint density at radius 2 is 2.29 bits per heavy atom. The molecular weight excluding hydrogens is 214 g/mol. The van der Waals surface area contributed by atoms with Crippen LogP contribution in [0.25, 0.3) is 0 Å². The van der Waals surface area contributed by atoms with Gasteiger partial charge in [0.05, 0.1) is 6.10 Å². The lowest BCUT2D eigenvalue weighted by atomic mass is 10.0. The van der Waals surface area contributed by atoms with Crippen molar-refractivity contribution in [2.75, 3.05) is 6.61 Å². The van der Waals surface area contributed by atoms with E-state index < -0.39 is 0 Å². The van der Waals surface area contributed by atoms with Gasteiger partial charge in [0.2, 0.25) is 0 Å². The Kier molecular flexibility index (Phi) is 4.02. The third kappa shape index (κ3) is 3.20. The number of aromatic hydroxyl groups is 1. The maximum absolute atomic E-state index is 9.91. The molecule has 0 saturated carbocycles. The number of nitrogens with one attached hydrogen (secondary N) is 1. The molecule has 1 aliphatic rings. The fourth-order valence-electron chi connectivity index (χ4n) is 2.30. The summed E-state index contributed by atoms with van der Waals surface area (Å²) in [5, 5.41) is 13.4. The Balaban J connectivity index is 1.91. The summed E-state index contributed by atoms with van der Waals surface area (Å²) in [4.78, 5) is 0. The summed E-state index contributed by atoms with van der Waals surface area (Å²) in [7, 11) is 0. The van der Waals surface area contributed by atoms with Gasteiger partial charge in [0.15, 0.2) is 0 Å². The zero-order valence-electron chi connectivity index (χ0n) is 10.6. The van der Waals surface area contributed by atoms with Gasteiger partial charge in [0, 0.05) is 24.8 Å². The fraction of sp³-hybridized carbons (Fsp3) is 0.571. The fourth-order valence-corrected chi connectivity index (χ4v) is 2.30. The third-order valence-electron chi connectivity index (χ3n) is 3.39. The predicted molar refractivity (Wildman–Crippen MR) is 68.1 cm³/mol. The molecule has 1 heterocycles. The van der Waals surface area contributed by atoms with Gasteiger partial charge in [0.25, 0.3) is 0 Å². The van der Waals surface area contributed by atoms with Crippen molar-refractivity contribution in [3.63, 3.8) is 0 Å². The van der Waals surface area contributed by atoms with Gasteiger partial charge in [-0.1, -0.05) is 18.2 Å². The second-order valence-corrected chi connectivity index (χ2v) is 4.87. The van der Waals surface area contributed by atoms with Gasteiger partial charge in [-0.15, -0.1) is 0 Å². The Morgan fingerprint density at radius 3 is 3.06 bits per heavy atom. The molecule has 2 atom stereocenters. The molecule has 2 unspecified atom stereocenters. The van der Waals surface area contributed by atoms with Crippen LogP contribution in [0.3, 0.4) is 0 Å². The number of hydrogen-bond acceptors (Lipinski definition) is 3. The Hall–Kier alpha value is -1.06. The van der Waals surface area contributed by atoms with Gasteiger partial charge in [-0.3, -0.25) is 0 Å². The van der Waals surface area contributed by atoms with Crippen molar-refractivity contribution in [3.05, 3.63) is 29.3 Å². The SMILES string of the molecule is Cc1cccc(CNC2CCOC(C)C2)c1O. The number of benzene rings is 1. The van der Waals surface area contributed by atoms with Crippen LogP contribution in [0.1, 0.15) is 30.9 Å². The molecule has 1 saturated heterocycles. The maximum atomic E-state index is 9.91. The molecule has 2 N–H and O–H groups in total. The zero-order chi connectivity index (χ0) is 12.3. The van der Waals surface area contributed by atoms with Gasteiger partial charge in [0.1, 0.15) is 5.75 Å². The summed E-state index contributed by atoms with van der Waals surface area (Å²) < 4.78 is 5.51. The van der Waals surface area contributed by atoms with Crippen LogP contribution in [0.4, 0.5) is 0 Å². The molecule has 0 amide bonds. The predicted octanol–water partition coefficient (Wildman–Crippen LogP) is 2.36. The standard InChI is InChI=1S/C14H21NO2/c1-10-4-3-5-12(14(10)16)9-15-13-6-7-17-11(2)8-13/h3-5,11,13,15-16H,6-9H2,1-2H3. The highest BCUT2D eigenvalue weighted by Gasteiger charge is 2.18. The summed E-state index contributed by atoms with van der Waals surface area (Å²) in [6.45, 7) is 5.59. The number of aryl methyl sites for hydroxylation is 1. The maximum Gasteiger partial charge on any atom is 0.122 e. The van der Waals surface area contributed by atoms with Crippen molar-refractivity contribution in [2.45, 2.75) is 45.4 Å². The van der Waals surface area contributed by atoms with Crippen LogP contribution >= 0.6 is 0 Å². The van der Waals surface area contributed by atoms with Crippen molar-refractivity contribution in [2.24, 2.45) is 0 Å². The quantitative estimate of drug-likeness (QED) is 0.845.